The van der Waals surface area contributed by atoms with Crippen LogP contribution >= 0.6 is 0 Å². The van der Waals surface area contributed by atoms with Crippen LogP contribution in [0.5, 0.6) is 0 Å². The maximum Gasteiger partial charge on any atom is 0.246 e. The average molecular weight is 364 g/mol. The van der Waals surface area contributed by atoms with Gasteiger partial charge in [-0.1, -0.05) is 30.3 Å². The Balaban J connectivity index is 1.49. The molecule has 6 heteroatoms. The Kier molecular flexibility index (Phi) is 6.20. The van der Waals surface area contributed by atoms with Gasteiger partial charge in [-0.25, -0.2) is 4.98 Å². The molecule has 140 valence electrons. The van der Waals surface area contributed by atoms with E-state index in [0.717, 1.165) is 24.5 Å². The molecule has 1 aliphatic rings. The van der Waals surface area contributed by atoms with Crippen molar-refractivity contribution in [2.45, 2.75) is 25.8 Å². The van der Waals surface area contributed by atoms with Gasteiger partial charge in [-0.05, 0) is 43.5 Å². The minimum atomic E-state index is -0.656. The summed E-state index contributed by atoms with van der Waals surface area (Å²) in [5, 5.41) is 5.44. The van der Waals surface area contributed by atoms with Crippen molar-refractivity contribution in [2.75, 3.05) is 23.3 Å². The summed E-state index contributed by atoms with van der Waals surface area (Å²) in [6, 6.07) is 12.6. The number of nitrogens with one attached hydrogen (secondary N) is 2. The van der Waals surface area contributed by atoms with Gasteiger partial charge in [0.05, 0.1) is 11.9 Å². The molecule has 2 heterocycles. The largest absolute Gasteiger partial charge is 0.357 e. The smallest absolute Gasteiger partial charge is 0.246 e. The average Bonchev–Trinajstić information content (AvgIpc) is 3.22. The first kappa shape index (κ1) is 18.6. The number of hydrogen-bond donors (Lipinski definition) is 2. The summed E-state index contributed by atoms with van der Waals surface area (Å²) in [5.41, 5.74) is 1.54. The van der Waals surface area contributed by atoms with Crippen molar-refractivity contribution in [1.29, 1.82) is 0 Å². The standard InChI is InChI=1S/C21H24N4O2/c1-16(23-20(26)12-9-17-7-3-2-4-8-17)21(27)24-18-10-11-19(22-15-18)25-13-5-6-14-25/h2-4,7-12,15-16H,5-6,13-14H2,1H3,(H,23,26)(H,24,27)/b12-9+. The van der Waals surface area contributed by atoms with Gasteiger partial charge in [0.15, 0.2) is 0 Å². The SMILES string of the molecule is CC(NC(=O)/C=C/c1ccccc1)C(=O)Nc1ccc(N2CCCC2)nc1. The molecule has 1 aromatic carbocycles. The molecule has 27 heavy (non-hydrogen) atoms. The number of anilines is 2. The molecule has 1 aromatic heterocycles. The first-order valence-electron chi connectivity index (χ1n) is 9.17. The summed E-state index contributed by atoms with van der Waals surface area (Å²) in [5.74, 6) is 0.328. The second-order valence-corrected chi connectivity index (χ2v) is 6.56. The Bertz CT molecular complexity index is 797. The summed E-state index contributed by atoms with van der Waals surface area (Å²) in [6.07, 6.45) is 7.16. The molecule has 0 saturated carbocycles. The normalized spacial score (nSPS) is 14.9. The summed E-state index contributed by atoms with van der Waals surface area (Å²) in [6.45, 7) is 3.70. The number of benzene rings is 1. The van der Waals surface area contributed by atoms with Crippen molar-refractivity contribution in [3.8, 4) is 0 Å². The zero-order chi connectivity index (χ0) is 19.1. The van der Waals surface area contributed by atoms with E-state index in [0.29, 0.717) is 5.69 Å². The lowest BCUT2D eigenvalue weighted by atomic mass is 10.2. The van der Waals surface area contributed by atoms with E-state index in [1.54, 1.807) is 19.2 Å². The van der Waals surface area contributed by atoms with Crippen molar-refractivity contribution in [2.24, 2.45) is 0 Å². The Morgan fingerprint density at radius 1 is 1.11 bits per heavy atom. The Hall–Kier alpha value is -3.15. The molecule has 1 unspecified atom stereocenters. The molecule has 1 aliphatic heterocycles. The predicted molar refractivity (Wildman–Crippen MR) is 107 cm³/mol. The van der Waals surface area contributed by atoms with Gasteiger partial charge < -0.3 is 15.5 Å². The summed E-state index contributed by atoms with van der Waals surface area (Å²) < 4.78 is 0. The van der Waals surface area contributed by atoms with Crippen LogP contribution < -0.4 is 15.5 Å². The summed E-state index contributed by atoms with van der Waals surface area (Å²) in [4.78, 5) is 30.9. The number of carbonyl (C=O) groups is 2. The van der Waals surface area contributed by atoms with E-state index in [9.17, 15) is 9.59 Å². The highest BCUT2D eigenvalue weighted by atomic mass is 16.2. The van der Waals surface area contributed by atoms with E-state index in [-0.39, 0.29) is 11.8 Å². The summed E-state index contributed by atoms with van der Waals surface area (Å²) in [7, 11) is 0. The molecule has 0 aliphatic carbocycles. The van der Waals surface area contributed by atoms with Crippen LogP contribution in [-0.4, -0.2) is 35.9 Å². The van der Waals surface area contributed by atoms with E-state index >= 15 is 0 Å². The van der Waals surface area contributed by atoms with Gasteiger partial charge >= 0.3 is 0 Å². The van der Waals surface area contributed by atoms with Gasteiger partial charge in [0.2, 0.25) is 11.8 Å². The van der Waals surface area contributed by atoms with Gasteiger partial charge in [-0.15, -0.1) is 0 Å². The molecule has 1 atom stereocenters. The highest BCUT2D eigenvalue weighted by Crippen LogP contribution is 2.19. The molecule has 2 aromatic rings. The number of rotatable bonds is 6. The quantitative estimate of drug-likeness (QED) is 0.773. The maximum absolute atomic E-state index is 12.3. The van der Waals surface area contributed by atoms with Crippen molar-refractivity contribution in [3.63, 3.8) is 0 Å². The van der Waals surface area contributed by atoms with Crippen LogP contribution in [0.1, 0.15) is 25.3 Å². The van der Waals surface area contributed by atoms with Crippen LogP contribution in [0.3, 0.4) is 0 Å². The lowest BCUT2D eigenvalue weighted by Crippen LogP contribution is -2.40. The minimum absolute atomic E-state index is 0.285. The number of hydrogen-bond acceptors (Lipinski definition) is 4. The number of aromatic nitrogens is 1. The lowest BCUT2D eigenvalue weighted by molar-refractivity contribution is -0.123. The fourth-order valence-corrected chi connectivity index (χ4v) is 2.91. The molecular formula is C21H24N4O2. The number of pyridine rings is 1. The van der Waals surface area contributed by atoms with E-state index in [1.165, 1.54) is 18.9 Å². The van der Waals surface area contributed by atoms with Crippen molar-refractivity contribution >= 4 is 29.4 Å². The monoisotopic (exact) mass is 364 g/mol. The second kappa shape index (κ2) is 8.98. The topological polar surface area (TPSA) is 74.3 Å². The first-order chi connectivity index (χ1) is 13.1. The van der Waals surface area contributed by atoms with Gasteiger partial charge in [0, 0.05) is 19.2 Å². The summed E-state index contributed by atoms with van der Waals surface area (Å²) >= 11 is 0. The van der Waals surface area contributed by atoms with Crippen LogP contribution in [0, 0.1) is 0 Å². The third-order valence-corrected chi connectivity index (χ3v) is 4.42. The molecule has 1 saturated heterocycles. The zero-order valence-corrected chi connectivity index (χ0v) is 15.4. The predicted octanol–water partition coefficient (Wildman–Crippen LogP) is 2.84. The maximum atomic E-state index is 12.3. The lowest BCUT2D eigenvalue weighted by Gasteiger charge is -2.17. The van der Waals surface area contributed by atoms with E-state index in [4.69, 9.17) is 0 Å². The first-order valence-corrected chi connectivity index (χ1v) is 9.17. The third-order valence-electron chi connectivity index (χ3n) is 4.42. The van der Waals surface area contributed by atoms with Crippen molar-refractivity contribution < 1.29 is 9.59 Å². The zero-order valence-electron chi connectivity index (χ0n) is 15.4. The van der Waals surface area contributed by atoms with Crippen LogP contribution in [0.4, 0.5) is 11.5 Å². The number of amides is 2. The third kappa shape index (κ3) is 5.41. The molecule has 0 spiro atoms. The number of nitrogens with zero attached hydrogens (tertiary/aromatic N) is 2. The van der Waals surface area contributed by atoms with Gasteiger partial charge in [-0.3, -0.25) is 9.59 Å². The van der Waals surface area contributed by atoms with E-state index in [2.05, 4.69) is 20.5 Å². The van der Waals surface area contributed by atoms with Crippen LogP contribution in [0.25, 0.3) is 6.08 Å². The van der Waals surface area contributed by atoms with Crippen LogP contribution in [-0.2, 0) is 9.59 Å². The highest BCUT2D eigenvalue weighted by molar-refractivity contribution is 5.99. The fraction of sp³-hybridized carbons (Fsp3) is 0.286. The second-order valence-electron chi connectivity index (χ2n) is 6.56. The molecule has 0 radical (unpaired) electrons. The van der Waals surface area contributed by atoms with Crippen LogP contribution in [0.15, 0.2) is 54.7 Å². The molecule has 2 amide bonds. The Morgan fingerprint density at radius 2 is 1.85 bits per heavy atom. The molecule has 1 fully saturated rings. The molecular weight excluding hydrogens is 340 g/mol. The van der Waals surface area contributed by atoms with Crippen LogP contribution in [0.2, 0.25) is 0 Å². The minimum Gasteiger partial charge on any atom is -0.357 e. The molecule has 0 bridgehead atoms. The Morgan fingerprint density at radius 3 is 2.52 bits per heavy atom. The fourth-order valence-electron chi connectivity index (χ4n) is 2.91. The Labute approximate surface area is 159 Å². The van der Waals surface area contributed by atoms with E-state index in [1.807, 2.05) is 42.5 Å². The highest BCUT2D eigenvalue weighted by Gasteiger charge is 2.16. The molecule has 3 rings (SSSR count). The van der Waals surface area contributed by atoms with Gasteiger partial charge in [-0.2, -0.15) is 0 Å². The van der Waals surface area contributed by atoms with Gasteiger partial charge in [0.1, 0.15) is 11.9 Å². The van der Waals surface area contributed by atoms with Crippen molar-refractivity contribution in [3.05, 3.63) is 60.3 Å². The molecule has 6 nitrogen and oxygen atoms in total. The van der Waals surface area contributed by atoms with E-state index < -0.39 is 6.04 Å². The molecule has 2 N–H and O–H groups in total. The number of carbonyl (C=O) groups excluding carboxylic acids is 2. The van der Waals surface area contributed by atoms with Gasteiger partial charge in [0.25, 0.3) is 0 Å². The van der Waals surface area contributed by atoms with Crippen molar-refractivity contribution in [1.82, 2.24) is 10.3 Å².